The van der Waals surface area contributed by atoms with Gasteiger partial charge in [0, 0.05) is 6.54 Å². The second-order valence-corrected chi connectivity index (χ2v) is 7.09. The van der Waals surface area contributed by atoms with Crippen molar-refractivity contribution in [1.29, 1.82) is 0 Å². The fraction of sp³-hybridized carbons (Fsp3) is 0.579. The summed E-state index contributed by atoms with van der Waals surface area (Å²) in [5, 5.41) is 0. The number of piperazine rings is 1. The summed E-state index contributed by atoms with van der Waals surface area (Å²) in [6.45, 7) is 4.61. The molecule has 0 aromatic heterocycles. The number of nitrogens with two attached hydrogens (primary N) is 1. The van der Waals surface area contributed by atoms with E-state index >= 15 is 0 Å². The van der Waals surface area contributed by atoms with Crippen LogP contribution in [0.15, 0.2) is 24.3 Å². The zero-order valence-corrected chi connectivity index (χ0v) is 15.4. The van der Waals surface area contributed by atoms with Crippen LogP contribution in [-0.2, 0) is 9.59 Å². The summed E-state index contributed by atoms with van der Waals surface area (Å²) in [6.07, 6.45) is 2.60. The normalized spacial score (nSPS) is 21.5. The van der Waals surface area contributed by atoms with Crippen LogP contribution in [0, 0.1) is 0 Å². The third-order valence-electron chi connectivity index (χ3n) is 5.45. The monoisotopic (exact) mass is 361 g/mol. The predicted octanol–water partition coefficient (Wildman–Crippen LogP) is -0.733. The fourth-order valence-electron chi connectivity index (χ4n) is 3.97. The van der Waals surface area contributed by atoms with Gasteiger partial charge in [0.2, 0.25) is 5.91 Å². The third kappa shape index (κ3) is 4.09. The lowest BCUT2D eigenvalue weighted by Crippen LogP contribution is -3.16. The lowest BCUT2D eigenvalue weighted by molar-refractivity contribution is -0.892. The predicted molar refractivity (Wildman–Crippen MR) is 99.3 cm³/mol. The van der Waals surface area contributed by atoms with Crippen LogP contribution in [0.4, 0.5) is 5.69 Å². The molecular weight excluding hydrogens is 332 g/mol. The summed E-state index contributed by atoms with van der Waals surface area (Å²) in [6, 6.07) is 7.60. The molecule has 1 aromatic carbocycles. The number of quaternary nitrogens is 1. The van der Waals surface area contributed by atoms with Gasteiger partial charge in [0.25, 0.3) is 5.91 Å². The van der Waals surface area contributed by atoms with Gasteiger partial charge in [0.05, 0.1) is 39.0 Å². The number of methoxy groups -OCH3 is 1. The highest BCUT2D eigenvalue weighted by Gasteiger charge is 2.33. The number of benzene rings is 1. The Morgan fingerprint density at radius 2 is 1.92 bits per heavy atom. The Bertz CT molecular complexity index is 643. The average Bonchev–Trinajstić information content (AvgIpc) is 2.68. The van der Waals surface area contributed by atoms with E-state index in [-0.39, 0.29) is 11.8 Å². The number of para-hydroxylation sites is 2. The Morgan fingerprint density at radius 3 is 2.62 bits per heavy atom. The van der Waals surface area contributed by atoms with Crippen molar-refractivity contribution in [1.82, 2.24) is 4.90 Å². The van der Waals surface area contributed by atoms with Crippen LogP contribution >= 0.6 is 0 Å². The summed E-state index contributed by atoms with van der Waals surface area (Å²) in [4.78, 5) is 29.6. The van der Waals surface area contributed by atoms with E-state index in [4.69, 9.17) is 10.5 Å². The molecule has 2 amide bonds. The first-order chi connectivity index (χ1) is 12.6. The second kappa shape index (κ2) is 8.40. The molecule has 0 saturated carbocycles. The minimum absolute atomic E-state index is 0.0502. The first-order valence-corrected chi connectivity index (χ1v) is 9.40. The third-order valence-corrected chi connectivity index (χ3v) is 5.45. The van der Waals surface area contributed by atoms with E-state index in [9.17, 15) is 9.59 Å². The number of hydrogen-bond acceptors (Lipinski definition) is 4. The summed E-state index contributed by atoms with van der Waals surface area (Å²) in [7, 11) is 1.69. The Hall–Kier alpha value is -2.28. The Balaban J connectivity index is 1.55. The van der Waals surface area contributed by atoms with Gasteiger partial charge in [-0.2, -0.15) is 0 Å². The molecule has 2 aliphatic rings. The Kier molecular flexibility index (Phi) is 5.98. The second-order valence-electron chi connectivity index (χ2n) is 7.09. The van der Waals surface area contributed by atoms with Crippen LogP contribution in [0.5, 0.6) is 5.75 Å². The highest BCUT2D eigenvalue weighted by molar-refractivity contribution is 5.87. The van der Waals surface area contributed by atoms with Crippen LogP contribution < -0.4 is 20.3 Å². The molecule has 2 saturated heterocycles. The number of amides is 2. The molecule has 2 aliphatic heterocycles. The SMILES string of the molecule is COc1ccccc1N1CC[NH+](CC(=O)N2CCCC[C@@H]2C(N)=O)CC1. The lowest BCUT2D eigenvalue weighted by Gasteiger charge is -2.37. The number of hydrogen-bond donors (Lipinski definition) is 2. The number of ether oxygens (including phenoxy) is 1. The molecule has 3 rings (SSSR count). The van der Waals surface area contributed by atoms with Gasteiger partial charge in [0.15, 0.2) is 6.54 Å². The van der Waals surface area contributed by atoms with E-state index in [0.29, 0.717) is 19.5 Å². The zero-order valence-electron chi connectivity index (χ0n) is 15.4. The number of nitrogens with one attached hydrogen (secondary N) is 1. The zero-order chi connectivity index (χ0) is 18.5. The molecule has 7 heteroatoms. The van der Waals surface area contributed by atoms with Crippen LogP contribution in [0.1, 0.15) is 19.3 Å². The molecule has 1 atom stereocenters. The van der Waals surface area contributed by atoms with E-state index in [1.807, 2.05) is 18.2 Å². The van der Waals surface area contributed by atoms with Crippen molar-refractivity contribution in [2.24, 2.45) is 5.73 Å². The topological polar surface area (TPSA) is 80.3 Å². The molecule has 3 N–H and O–H groups in total. The van der Waals surface area contributed by atoms with Gasteiger partial charge in [-0.1, -0.05) is 12.1 Å². The fourth-order valence-corrected chi connectivity index (χ4v) is 3.97. The van der Waals surface area contributed by atoms with Crippen LogP contribution in [-0.4, -0.2) is 69.1 Å². The molecule has 0 unspecified atom stereocenters. The maximum Gasteiger partial charge on any atom is 0.278 e. The number of rotatable bonds is 5. The van der Waals surface area contributed by atoms with E-state index in [0.717, 1.165) is 50.5 Å². The van der Waals surface area contributed by atoms with Crippen LogP contribution in [0.2, 0.25) is 0 Å². The summed E-state index contributed by atoms with van der Waals surface area (Å²) < 4.78 is 5.45. The molecule has 0 spiro atoms. The number of piperidine rings is 1. The minimum atomic E-state index is -0.425. The minimum Gasteiger partial charge on any atom is -0.495 e. The molecule has 142 valence electrons. The van der Waals surface area contributed by atoms with Crippen molar-refractivity contribution in [3.05, 3.63) is 24.3 Å². The van der Waals surface area contributed by atoms with Gasteiger partial charge >= 0.3 is 0 Å². The summed E-state index contributed by atoms with van der Waals surface area (Å²) in [5.74, 6) is 0.549. The standard InChI is InChI=1S/C19H28N4O3/c1-26-17-8-3-2-6-15(17)22-12-10-21(11-13-22)14-18(24)23-9-5-4-7-16(23)19(20)25/h2-3,6,8,16H,4-5,7,9-14H2,1H3,(H2,20,25)/p+1/t16-/m1/s1. The van der Waals surface area contributed by atoms with Crippen molar-refractivity contribution < 1.29 is 19.2 Å². The van der Waals surface area contributed by atoms with Gasteiger partial charge in [0.1, 0.15) is 11.8 Å². The molecule has 26 heavy (non-hydrogen) atoms. The molecule has 0 aliphatic carbocycles. The van der Waals surface area contributed by atoms with Gasteiger partial charge < -0.3 is 25.2 Å². The summed E-state index contributed by atoms with van der Waals surface area (Å²) >= 11 is 0. The molecule has 2 heterocycles. The van der Waals surface area contributed by atoms with Gasteiger partial charge in [-0.25, -0.2) is 0 Å². The first-order valence-electron chi connectivity index (χ1n) is 9.40. The molecule has 1 aromatic rings. The smallest absolute Gasteiger partial charge is 0.278 e. The number of carbonyl (C=O) groups is 2. The highest BCUT2D eigenvalue weighted by Crippen LogP contribution is 2.27. The van der Waals surface area contributed by atoms with Gasteiger partial charge in [-0.05, 0) is 31.4 Å². The Labute approximate surface area is 154 Å². The van der Waals surface area contributed by atoms with Crippen molar-refractivity contribution in [3.63, 3.8) is 0 Å². The van der Waals surface area contributed by atoms with E-state index in [1.54, 1.807) is 12.0 Å². The average molecular weight is 361 g/mol. The molecule has 0 radical (unpaired) electrons. The van der Waals surface area contributed by atoms with Gasteiger partial charge in [-0.3, -0.25) is 9.59 Å². The maximum atomic E-state index is 12.7. The summed E-state index contributed by atoms with van der Waals surface area (Å²) in [5.41, 5.74) is 6.58. The highest BCUT2D eigenvalue weighted by atomic mass is 16.5. The van der Waals surface area contributed by atoms with Crippen LogP contribution in [0.25, 0.3) is 0 Å². The van der Waals surface area contributed by atoms with E-state index in [1.165, 1.54) is 4.90 Å². The molecule has 2 fully saturated rings. The van der Waals surface area contributed by atoms with Crippen molar-refractivity contribution >= 4 is 17.5 Å². The molecule has 7 nitrogen and oxygen atoms in total. The van der Waals surface area contributed by atoms with E-state index < -0.39 is 6.04 Å². The van der Waals surface area contributed by atoms with Crippen molar-refractivity contribution in [3.8, 4) is 5.75 Å². The van der Waals surface area contributed by atoms with Crippen LogP contribution in [0.3, 0.4) is 0 Å². The maximum absolute atomic E-state index is 12.7. The number of primary amides is 1. The van der Waals surface area contributed by atoms with Crippen molar-refractivity contribution in [2.75, 3.05) is 51.3 Å². The molecule has 0 bridgehead atoms. The van der Waals surface area contributed by atoms with Crippen molar-refractivity contribution in [2.45, 2.75) is 25.3 Å². The number of likely N-dealkylation sites (tertiary alicyclic amines) is 1. The number of carbonyl (C=O) groups excluding carboxylic acids is 2. The van der Waals surface area contributed by atoms with E-state index in [2.05, 4.69) is 11.0 Å². The first kappa shape index (κ1) is 18.5. The van der Waals surface area contributed by atoms with Gasteiger partial charge in [-0.15, -0.1) is 0 Å². The molecular formula is C19H29N4O3+. The number of anilines is 1. The largest absolute Gasteiger partial charge is 0.495 e. The Morgan fingerprint density at radius 1 is 1.19 bits per heavy atom. The quantitative estimate of drug-likeness (QED) is 0.724. The number of nitrogens with zero attached hydrogens (tertiary/aromatic N) is 2. The lowest BCUT2D eigenvalue weighted by atomic mass is 10.0.